The lowest BCUT2D eigenvalue weighted by molar-refractivity contribution is 1.34. The molecule has 1 nitrogen and oxygen atoms in total. The summed E-state index contributed by atoms with van der Waals surface area (Å²) in [7, 11) is 0. The van der Waals surface area contributed by atoms with Crippen molar-refractivity contribution in [3.05, 3.63) is 35.1 Å². The van der Waals surface area contributed by atoms with Crippen LogP contribution in [0, 0.1) is 0 Å². The van der Waals surface area contributed by atoms with Gasteiger partial charge in [0.2, 0.25) is 0 Å². The number of fused-ring (bicyclic) bond motifs is 1. The van der Waals surface area contributed by atoms with Crippen LogP contribution in [0.15, 0.2) is 40.1 Å². The molecule has 0 atom stereocenters. The number of aliphatic imine (C=N–C) groups is 1. The third-order valence-corrected chi connectivity index (χ3v) is 1.70. The Balaban J connectivity index is 2.49. The first-order valence-corrected chi connectivity index (χ1v) is 3.43. The van der Waals surface area contributed by atoms with Gasteiger partial charge < -0.3 is 0 Å². The molecule has 0 bridgehead atoms. The fourth-order valence-electron chi connectivity index (χ4n) is 1.32. The minimum Gasteiger partial charge on any atom is -0.253 e. The standard InChI is InChI=1S/C9H9N/c1-6-3-8-5-7(2)10-9(8)4-6/h3-5H,1-2H3. The Morgan fingerprint density at radius 2 is 1.90 bits per heavy atom. The first kappa shape index (κ1) is 5.66. The van der Waals surface area contributed by atoms with Crippen molar-refractivity contribution in [2.24, 2.45) is 4.99 Å². The molecule has 0 unspecified atom stereocenters. The van der Waals surface area contributed by atoms with Crippen molar-refractivity contribution in [1.82, 2.24) is 0 Å². The number of hydrogen-bond donors (Lipinski definition) is 0. The van der Waals surface area contributed by atoms with E-state index in [9.17, 15) is 0 Å². The Bertz CT molecular complexity index is 269. The Hall–Kier alpha value is -1.11. The smallest absolute Gasteiger partial charge is 0.0708 e. The van der Waals surface area contributed by atoms with Gasteiger partial charge in [0.25, 0.3) is 0 Å². The van der Waals surface area contributed by atoms with Crippen LogP contribution in [0.25, 0.3) is 0 Å². The monoisotopic (exact) mass is 131 g/mol. The third kappa shape index (κ3) is 0.670. The Morgan fingerprint density at radius 1 is 1.10 bits per heavy atom. The molecule has 2 aliphatic rings. The number of allylic oxidation sites excluding steroid dienone is 6. The average Bonchev–Trinajstić information content (AvgIpc) is 2.21. The fourth-order valence-corrected chi connectivity index (χ4v) is 1.32. The predicted octanol–water partition coefficient (Wildman–Crippen LogP) is 2.23. The van der Waals surface area contributed by atoms with E-state index < -0.39 is 0 Å². The van der Waals surface area contributed by atoms with E-state index in [0.29, 0.717) is 0 Å². The van der Waals surface area contributed by atoms with E-state index in [1.54, 1.807) is 0 Å². The molecule has 0 fully saturated rings. The van der Waals surface area contributed by atoms with Gasteiger partial charge >= 0.3 is 0 Å². The molecule has 0 spiro atoms. The van der Waals surface area contributed by atoms with E-state index in [2.05, 4.69) is 30.1 Å². The van der Waals surface area contributed by atoms with E-state index in [4.69, 9.17) is 0 Å². The lowest BCUT2D eigenvalue weighted by Gasteiger charge is -1.83. The van der Waals surface area contributed by atoms with Crippen molar-refractivity contribution >= 4 is 5.71 Å². The Morgan fingerprint density at radius 3 is 2.60 bits per heavy atom. The van der Waals surface area contributed by atoms with Gasteiger partial charge in [0.05, 0.1) is 5.71 Å². The van der Waals surface area contributed by atoms with Crippen LogP contribution in [0.5, 0.6) is 0 Å². The van der Waals surface area contributed by atoms with Crippen molar-refractivity contribution in [1.29, 1.82) is 0 Å². The Kier molecular flexibility index (Phi) is 0.956. The summed E-state index contributed by atoms with van der Waals surface area (Å²) in [6, 6.07) is 0. The maximum atomic E-state index is 4.33. The summed E-state index contributed by atoms with van der Waals surface area (Å²) in [6.45, 7) is 4.12. The lowest BCUT2D eigenvalue weighted by atomic mass is 10.2. The molecule has 0 saturated carbocycles. The van der Waals surface area contributed by atoms with E-state index in [1.807, 2.05) is 6.92 Å². The van der Waals surface area contributed by atoms with Crippen LogP contribution in [0.1, 0.15) is 13.8 Å². The molecule has 1 heterocycles. The summed E-state index contributed by atoms with van der Waals surface area (Å²) >= 11 is 0. The van der Waals surface area contributed by atoms with E-state index in [-0.39, 0.29) is 0 Å². The van der Waals surface area contributed by atoms with Crippen LogP contribution in [0.3, 0.4) is 0 Å². The molecule has 10 heavy (non-hydrogen) atoms. The van der Waals surface area contributed by atoms with Crippen LogP contribution in [-0.4, -0.2) is 5.71 Å². The maximum Gasteiger partial charge on any atom is 0.0708 e. The van der Waals surface area contributed by atoms with Crippen molar-refractivity contribution in [2.75, 3.05) is 0 Å². The second-order valence-electron chi connectivity index (χ2n) is 2.77. The molecular formula is C9H9N. The summed E-state index contributed by atoms with van der Waals surface area (Å²) in [4.78, 5) is 4.33. The molecule has 0 aromatic heterocycles. The number of hydrogen-bond acceptors (Lipinski definition) is 1. The van der Waals surface area contributed by atoms with Crippen LogP contribution >= 0.6 is 0 Å². The summed E-state index contributed by atoms with van der Waals surface area (Å²) in [5, 5.41) is 0. The van der Waals surface area contributed by atoms with Crippen LogP contribution in [0.2, 0.25) is 0 Å². The quantitative estimate of drug-likeness (QED) is 0.478. The van der Waals surface area contributed by atoms with Gasteiger partial charge in [-0.3, -0.25) is 4.99 Å². The van der Waals surface area contributed by atoms with E-state index >= 15 is 0 Å². The van der Waals surface area contributed by atoms with Gasteiger partial charge in [0.1, 0.15) is 0 Å². The lowest BCUT2D eigenvalue weighted by Crippen LogP contribution is -1.84. The molecular weight excluding hydrogens is 122 g/mol. The van der Waals surface area contributed by atoms with Crippen LogP contribution < -0.4 is 0 Å². The fraction of sp³-hybridized carbons (Fsp3) is 0.222. The van der Waals surface area contributed by atoms with Gasteiger partial charge in [-0.1, -0.05) is 0 Å². The summed E-state index contributed by atoms with van der Waals surface area (Å²) in [6.07, 6.45) is 6.39. The van der Waals surface area contributed by atoms with Crippen LogP contribution in [0.4, 0.5) is 0 Å². The van der Waals surface area contributed by atoms with Gasteiger partial charge in [-0.25, -0.2) is 0 Å². The second-order valence-corrected chi connectivity index (χ2v) is 2.77. The molecule has 0 N–H and O–H groups in total. The normalized spacial score (nSPS) is 21.4. The molecule has 0 aromatic rings. The maximum absolute atomic E-state index is 4.33. The zero-order chi connectivity index (χ0) is 7.14. The van der Waals surface area contributed by atoms with Crippen molar-refractivity contribution in [3.63, 3.8) is 0 Å². The molecule has 0 aromatic carbocycles. The number of nitrogens with zero attached hydrogens (tertiary/aromatic N) is 1. The van der Waals surface area contributed by atoms with Crippen molar-refractivity contribution < 1.29 is 0 Å². The molecule has 1 aliphatic carbocycles. The summed E-state index contributed by atoms with van der Waals surface area (Å²) in [5.74, 6) is 0. The first-order chi connectivity index (χ1) is 4.75. The van der Waals surface area contributed by atoms with Gasteiger partial charge in [-0.15, -0.1) is 0 Å². The van der Waals surface area contributed by atoms with Gasteiger partial charge in [0.15, 0.2) is 0 Å². The van der Waals surface area contributed by atoms with Gasteiger partial charge in [-0.05, 0) is 37.6 Å². The topological polar surface area (TPSA) is 12.4 Å². The highest BCUT2D eigenvalue weighted by molar-refractivity contribution is 6.15. The van der Waals surface area contributed by atoms with Crippen LogP contribution in [-0.2, 0) is 0 Å². The molecule has 2 rings (SSSR count). The van der Waals surface area contributed by atoms with Gasteiger partial charge in [0, 0.05) is 11.3 Å². The molecule has 1 heteroatoms. The highest BCUT2D eigenvalue weighted by atomic mass is 14.8. The molecule has 50 valence electrons. The molecule has 1 aliphatic heterocycles. The zero-order valence-electron chi connectivity index (χ0n) is 6.18. The molecule has 0 amide bonds. The highest BCUT2D eigenvalue weighted by Crippen LogP contribution is 2.23. The minimum absolute atomic E-state index is 1.12. The second kappa shape index (κ2) is 1.69. The first-order valence-electron chi connectivity index (χ1n) is 3.43. The minimum atomic E-state index is 1.12. The highest BCUT2D eigenvalue weighted by Gasteiger charge is 2.13. The number of rotatable bonds is 0. The third-order valence-electron chi connectivity index (χ3n) is 1.70. The Labute approximate surface area is 60.5 Å². The largest absolute Gasteiger partial charge is 0.253 e. The SMILES string of the molecule is CC1=CC2=NC(C)=CC2=C1. The van der Waals surface area contributed by atoms with E-state index in [1.165, 1.54) is 11.1 Å². The zero-order valence-corrected chi connectivity index (χ0v) is 6.18. The van der Waals surface area contributed by atoms with Gasteiger partial charge in [-0.2, -0.15) is 0 Å². The average molecular weight is 131 g/mol. The summed E-state index contributed by atoms with van der Waals surface area (Å²) < 4.78 is 0. The predicted molar refractivity (Wildman–Crippen MR) is 43.0 cm³/mol. The van der Waals surface area contributed by atoms with Crippen molar-refractivity contribution in [3.8, 4) is 0 Å². The van der Waals surface area contributed by atoms with E-state index in [0.717, 1.165) is 11.4 Å². The molecule has 0 saturated heterocycles. The summed E-state index contributed by atoms with van der Waals surface area (Å²) in [5.41, 5.74) is 4.83. The van der Waals surface area contributed by atoms with Crippen molar-refractivity contribution in [2.45, 2.75) is 13.8 Å². The molecule has 0 radical (unpaired) electrons.